The number of aromatic nitrogens is 5. The zero-order valence-corrected chi connectivity index (χ0v) is 60.9. The van der Waals surface area contributed by atoms with E-state index in [0.29, 0.717) is 5.56 Å². The number of benzene rings is 10. The molecule has 0 atom stereocenters. The summed E-state index contributed by atoms with van der Waals surface area (Å²) in [5, 5.41) is 5.99. The lowest BCUT2D eigenvalue weighted by Crippen LogP contribution is -2.08. The third-order valence-corrected chi connectivity index (χ3v) is 18.3. The first-order chi connectivity index (χ1) is 50.0. The van der Waals surface area contributed by atoms with Gasteiger partial charge < -0.3 is 0 Å². The molecule has 0 radical (unpaired) electrons. The smallest absolute Gasteiger partial charge is 0.248 e. The van der Waals surface area contributed by atoms with Gasteiger partial charge in [0, 0.05) is 61.2 Å². The van der Waals surface area contributed by atoms with Crippen molar-refractivity contribution in [1.82, 2.24) is 24.9 Å². The van der Waals surface area contributed by atoms with Gasteiger partial charge in [0.1, 0.15) is 0 Å². The molecule has 0 unspecified atom stereocenters. The molecular weight excluding hydrogens is 1270 g/mol. The van der Waals surface area contributed by atoms with E-state index >= 15 is 0 Å². The van der Waals surface area contributed by atoms with E-state index in [1.165, 1.54) is 107 Å². The molecular formula is C95H92F3N5. The topological polar surface area (TPSA) is 64.5 Å². The number of hydrogen-bond donors (Lipinski definition) is 0. The van der Waals surface area contributed by atoms with Crippen molar-refractivity contribution < 1.29 is 13.2 Å². The molecule has 0 bridgehead atoms. The highest BCUT2D eigenvalue weighted by Gasteiger charge is 2.26. The Kier molecular flexibility index (Phi) is 25.0. The molecule has 0 aliphatic rings. The molecule has 0 N–H and O–H groups in total. The summed E-state index contributed by atoms with van der Waals surface area (Å²) < 4.78 is 36.9. The van der Waals surface area contributed by atoms with Crippen molar-refractivity contribution in [1.29, 1.82) is 0 Å². The third kappa shape index (κ3) is 19.8. The molecule has 0 aliphatic carbocycles. The summed E-state index contributed by atoms with van der Waals surface area (Å²) >= 11 is 0. The van der Waals surface area contributed by atoms with Crippen LogP contribution in [0.25, 0.3) is 111 Å². The number of alkyl halides is 3. The monoisotopic (exact) mass is 1360 g/mol. The maximum absolute atomic E-state index is 12.3. The van der Waals surface area contributed by atoms with Gasteiger partial charge in [-0.05, 0) is 192 Å². The minimum Gasteiger partial charge on any atom is -0.248 e. The number of fused-ring (bicyclic) bond motifs is 5. The lowest BCUT2D eigenvalue weighted by Gasteiger charge is -2.10. The molecule has 518 valence electrons. The van der Waals surface area contributed by atoms with Gasteiger partial charge >= 0.3 is 6.18 Å². The first kappa shape index (κ1) is 73.3. The zero-order valence-electron chi connectivity index (χ0n) is 60.9. The third-order valence-electron chi connectivity index (χ3n) is 18.3. The largest absolute Gasteiger partial charge is 0.389 e. The van der Waals surface area contributed by atoms with Gasteiger partial charge in [0.25, 0.3) is 0 Å². The zero-order chi connectivity index (χ0) is 72.2. The number of halogens is 3. The Labute approximate surface area is 606 Å². The Morgan fingerprint density at radius 2 is 0.612 bits per heavy atom. The molecule has 0 fully saturated rings. The maximum Gasteiger partial charge on any atom is 0.389 e. The number of pyridine rings is 5. The Balaban J connectivity index is 0.000000129. The van der Waals surface area contributed by atoms with Crippen LogP contribution in [0.3, 0.4) is 0 Å². The molecule has 103 heavy (non-hydrogen) atoms. The number of para-hydroxylation sites is 1. The van der Waals surface area contributed by atoms with Crippen LogP contribution in [0.1, 0.15) is 115 Å². The fourth-order valence-electron chi connectivity index (χ4n) is 13.5. The van der Waals surface area contributed by atoms with Crippen molar-refractivity contribution in [2.24, 2.45) is 0 Å². The highest BCUT2D eigenvalue weighted by molar-refractivity contribution is 5.89. The van der Waals surface area contributed by atoms with Crippen LogP contribution in [0.4, 0.5) is 13.2 Å². The quantitative estimate of drug-likeness (QED) is 0.102. The Bertz CT molecular complexity index is 5280. The molecule has 0 spiro atoms. The fraction of sp³-hybridized carbons (Fsp3) is 0.211. The van der Waals surface area contributed by atoms with E-state index in [1.54, 1.807) is 18.2 Å². The number of hydrogen-bond acceptors (Lipinski definition) is 5. The molecule has 0 saturated heterocycles. The van der Waals surface area contributed by atoms with Crippen LogP contribution >= 0.6 is 0 Å². The van der Waals surface area contributed by atoms with E-state index in [0.717, 1.165) is 106 Å². The fourth-order valence-corrected chi connectivity index (χ4v) is 13.5. The van der Waals surface area contributed by atoms with Crippen LogP contribution in [0.15, 0.2) is 273 Å². The Morgan fingerprint density at radius 3 is 1.08 bits per heavy atom. The molecule has 5 nitrogen and oxygen atoms in total. The summed E-state index contributed by atoms with van der Waals surface area (Å²) in [6, 6.07) is 94.0. The molecule has 0 amide bonds. The molecule has 5 heterocycles. The average Bonchev–Trinajstić information content (AvgIpc) is 0.820. The summed E-state index contributed by atoms with van der Waals surface area (Å²) in [6.07, 6.45) is 4.17. The standard InChI is InChI=1S/2C20H21N.C19H19N.C18H14F3N.C18H17N/c1-4-7-16-13-20(17-11-14(2)10-15(3)12-17)21-19-9-6-5-8-18(16)19;1-4-6-16-7-5-8-20-18(16)9-10-19(21-20)17-12-14(2)11-15(3)13-17;1-3-6-15-8-5-10-19-17(15)11-12-18(20-19)16-9-4-7-14(2)13-16;19-18(20,21)11-10-13-6-8-17-15(12-13)7-9-16(22-17)14-4-2-1-3-5-14;1-2-7-14-10-6-11-18-16(14)12-13-17(19-18)15-8-4-3-5-9-15/h5-6,8-13H,4,7H2,1-3H3;5,7-13H,4,6H2,1-3H3;4-5,7-13H,3,6H2,1-2H3;1-9,12H,10-11H2;3-6,8-13H,2,7H2,1H3. The summed E-state index contributed by atoms with van der Waals surface area (Å²) in [4.78, 5) is 23.9. The van der Waals surface area contributed by atoms with Crippen LogP contribution in [0.5, 0.6) is 0 Å². The molecule has 10 aromatic carbocycles. The highest BCUT2D eigenvalue weighted by atomic mass is 19.4. The van der Waals surface area contributed by atoms with Gasteiger partial charge in [-0.2, -0.15) is 13.2 Å². The van der Waals surface area contributed by atoms with E-state index in [1.807, 2.05) is 48.5 Å². The molecule has 8 heteroatoms. The normalized spacial score (nSPS) is 11.1. The number of aryl methyl sites for hydroxylation is 10. The molecule has 0 saturated carbocycles. The van der Waals surface area contributed by atoms with E-state index in [2.05, 4.69) is 274 Å². The molecule has 0 aliphatic heterocycles. The van der Waals surface area contributed by atoms with Crippen LogP contribution in [0, 0.1) is 34.6 Å². The van der Waals surface area contributed by atoms with Crippen molar-refractivity contribution in [3.05, 3.63) is 329 Å². The SMILES string of the molecule is CCCc1cc(-c2cc(C)cc(C)c2)nc2ccccc12.CCCc1cccc2nc(-c3cc(C)cc(C)c3)ccc12.CCCc1cccc2nc(-c3cccc(C)c3)ccc12.CCCc1cccc2nc(-c3ccccc3)ccc12.FC(F)(F)CCc1ccc2nc(-c3ccccc3)ccc2c1. The van der Waals surface area contributed by atoms with Crippen LogP contribution in [-0.2, 0) is 32.1 Å². The van der Waals surface area contributed by atoms with Gasteiger partial charge in [-0.25, -0.2) is 24.9 Å². The second-order valence-corrected chi connectivity index (χ2v) is 26.9. The number of rotatable bonds is 15. The second kappa shape index (κ2) is 35.1. The lowest BCUT2D eigenvalue weighted by molar-refractivity contribution is -0.134. The van der Waals surface area contributed by atoms with E-state index in [9.17, 15) is 13.2 Å². The number of nitrogens with zero attached hydrogens (tertiary/aromatic N) is 5. The van der Waals surface area contributed by atoms with Gasteiger partial charge in [-0.1, -0.05) is 257 Å². The van der Waals surface area contributed by atoms with Crippen molar-refractivity contribution in [3.63, 3.8) is 0 Å². The van der Waals surface area contributed by atoms with Crippen molar-refractivity contribution >= 4 is 54.5 Å². The predicted molar refractivity (Wildman–Crippen MR) is 430 cm³/mol. The molecule has 15 aromatic rings. The summed E-state index contributed by atoms with van der Waals surface area (Å²) in [7, 11) is 0. The Morgan fingerprint density at radius 1 is 0.252 bits per heavy atom. The van der Waals surface area contributed by atoms with E-state index in [4.69, 9.17) is 19.9 Å². The second-order valence-electron chi connectivity index (χ2n) is 26.9. The lowest BCUT2D eigenvalue weighted by atomic mass is 9.99. The van der Waals surface area contributed by atoms with Gasteiger partial charge in [0.2, 0.25) is 0 Å². The van der Waals surface area contributed by atoms with Crippen LogP contribution in [-0.4, -0.2) is 31.1 Å². The van der Waals surface area contributed by atoms with Gasteiger partial charge in [0.15, 0.2) is 0 Å². The van der Waals surface area contributed by atoms with Crippen LogP contribution in [0.2, 0.25) is 0 Å². The first-order valence-electron chi connectivity index (χ1n) is 36.4. The summed E-state index contributed by atoms with van der Waals surface area (Å²) in [5.41, 5.74) is 28.7. The van der Waals surface area contributed by atoms with Crippen molar-refractivity contribution in [3.8, 4) is 56.3 Å². The van der Waals surface area contributed by atoms with Crippen molar-refractivity contribution in [2.75, 3.05) is 0 Å². The van der Waals surface area contributed by atoms with Gasteiger partial charge in [-0.15, -0.1) is 0 Å². The van der Waals surface area contributed by atoms with Crippen molar-refractivity contribution in [2.45, 2.75) is 133 Å². The summed E-state index contributed by atoms with van der Waals surface area (Å²) in [6.45, 7) is 19.5. The average molecular weight is 1360 g/mol. The first-order valence-corrected chi connectivity index (χ1v) is 36.4. The predicted octanol–water partition coefficient (Wildman–Crippen LogP) is 26.4. The van der Waals surface area contributed by atoms with Crippen LogP contribution < -0.4 is 0 Å². The maximum atomic E-state index is 12.3. The molecule has 5 aromatic heterocycles. The Hall–Kier alpha value is -11.0. The minimum atomic E-state index is -4.12. The van der Waals surface area contributed by atoms with E-state index in [-0.39, 0.29) is 6.42 Å². The molecule has 15 rings (SSSR count). The summed E-state index contributed by atoms with van der Waals surface area (Å²) in [5.74, 6) is 0. The van der Waals surface area contributed by atoms with Gasteiger partial charge in [0.05, 0.1) is 56.1 Å². The minimum absolute atomic E-state index is 0.000122. The van der Waals surface area contributed by atoms with E-state index < -0.39 is 12.6 Å². The van der Waals surface area contributed by atoms with Gasteiger partial charge in [-0.3, -0.25) is 0 Å². The highest BCUT2D eigenvalue weighted by Crippen LogP contribution is 2.32.